The minimum atomic E-state index is 0.293. The summed E-state index contributed by atoms with van der Waals surface area (Å²) >= 11 is 0. The number of phenols is 1. The van der Waals surface area contributed by atoms with Crippen molar-refractivity contribution < 1.29 is 5.11 Å². The highest BCUT2D eigenvalue weighted by molar-refractivity contribution is 5.31. The van der Waals surface area contributed by atoms with Crippen molar-refractivity contribution in [1.82, 2.24) is 10.2 Å². The molecule has 3 nitrogen and oxygen atoms in total. The molecule has 2 N–H and O–H groups in total. The van der Waals surface area contributed by atoms with Crippen LogP contribution in [0.2, 0.25) is 0 Å². The molecule has 0 atom stereocenters. The van der Waals surface area contributed by atoms with Crippen molar-refractivity contribution in [3.63, 3.8) is 0 Å². The fourth-order valence-corrected chi connectivity index (χ4v) is 2.42. The quantitative estimate of drug-likeness (QED) is 0.819. The van der Waals surface area contributed by atoms with Crippen LogP contribution in [0.4, 0.5) is 0 Å². The van der Waals surface area contributed by atoms with Gasteiger partial charge in [-0.1, -0.05) is 32.0 Å². The third-order valence-electron chi connectivity index (χ3n) is 3.25. The smallest absolute Gasteiger partial charge is 0.120 e. The highest BCUT2D eigenvalue weighted by atomic mass is 16.3. The van der Waals surface area contributed by atoms with E-state index in [1.54, 1.807) is 6.07 Å². The zero-order valence-electron chi connectivity index (χ0n) is 10.7. The Bertz CT molecular complexity index is 376. The minimum absolute atomic E-state index is 0.293. The number of nitrogens with one attached hydrogen (secondary N) is 1. The summed E-state index contributed by atoms with van der Waals surface area (Å²) in [4.78, 5) is 2.41. The molecule has 0 unspecified atom stereocenters. The molecule has 1 aliphatic heterocycles. The van der Waals surface area contributed by atoms with E-state index in [0.29, 0.717) is 11.2 Å². The molecule has 0 spiro atoms. The van der Waals surface area contributed by atoms with Crippen molar-refractivity contribution in [2.75, 3.05) is 26.2 Å². The molecule has 2 rings (SSSR count). The van der Waals surface area contributed by atoms with E-state index in [4.69, 9.17) is 0 Å². The number of aromatic hydroxyl groups is 1. The molecule has 0 radical (unpaired) electrons. The highest BCUT2D eigenvalue weighted by Gasteiger charge is 2.24. The molecule has 0 aromatic heterocycles. The molecule has 0 saturated carbocycles. The summed E-state index contributed by atoms with van der Waals surface area (Å²) in [6.45, 7) is 9.58. The van der Waals surface area contributed by atoms with E-state index in [1.807, 2.05) is 18.2 Å². The van der Waals surface area contributed by atoms with Gasteiger partial charge in [-0.15, -0.1) is 0 Å². The van der Waals surface area contributed by atoms with Crippen LogP contribution in [0.15, 0.2) is 24.3 Å². The topological polar surface area (TPSA) is 35.5 Å². The Labute approximate surface area is 103 Å². The molecule has 1 aliphatic rings. The van der Waals surface area contributed by atoms with Crippen LogP contribution in [0.1, 0.15) is 19.4 Å². The average molecular weight is 234 g/mol. The van der Waals surface area contributed by atoms with Crippen molar-refractivity contribution in [2.24, 2.45) is 5.41 Å². The predicted octanol–water partition coefficient (Wildman–Crippen LogP) is 1.82. The molecule has 1 heterocycles. The normalized spacial score (nSPS) is 21.1. The summed E-state index contributed by atoms with van der Waals surface area (Å²) in [6.07, 6.45) is 0. The van der Waals surface area contributed by atoms with Crippen LogP contribution in [-0.2, 0) is 6.54 Å². The van der Waals surface area contributed by atoms with E-state index < -0.39 is 0 Å². The summed E-state index contributed by atoms with van der Waals surface area (Å²) in [5.74, 6) is 0.405. The summed E-state index contributed by atoms with van der Waals surface area (Å²) in [7, 11) is 0. The van der Waals surface area contributed by atoms with E-state index in [1.165, 1.54) is 0 Å². The Kier molecular flexibility index (Phi) is 3.69. The Morgan fingerprint density at radius 3 is 2.88 bits per heavy atom. The molecule has 0 bridgehead atoms. The van der Waals surface area contributed by atoms with Gasteiger partial charge in [-0.25, -0.2) is 0 Å². The van der Waals surface area contributed by atoms with E-state index in [0.717, 1.165) is 38.3 Å². The lowest BCUT2D eigenvalue weighted by molar-refractivity contribution is 0.198. The molecule has 0 aliphatic carbocycles. The van der Waals surface area contributed by atoms with Gasteiger partial charge < -0.3 is 10.4 Å². The zero-order chi connectivity index (χ0) is 12.3. The second kappa shape index (κ2) is 5.07. The maximum Gasteiger partial charge on any atom is 0.120 e. The minimum Gasteiger partial charge on any atom is -0.508 e. The van der Waals surface area contributed by atoms with E-state index in [9.17, 15) is 5.11 Å². The maximum atomic E-state index is 9.80. The molecule has 1 fully saturated rings. The van der Waals surface area contributed by atoms with Gasteiger partial charge >= 0.3 is 0 Å². The van der Waals surface area contributed by atoms with Gasteiger partial charge in [0.2, 0.25) is 0 Å². The molecule has 1 aromatic rings. The number of hydrogen-bond donors (Lipinski definition) is 2. The van der Waals surface area contributed by atoms with Crippen LogP contribution in [0.25, 0.3) is 0 Å². The monoisotopic (exact) mass is 234 g/mol. The molecular formula is C14H22N2O. The number of rotatable bonds is 2. The molecule has 3 heteroatoms. The van der Waals surface area contributed by atoms with Gasteiger partial charge in [0.25, 0.3) is 0 Å². The van der Waals surface area contributed by atoms with E-state index in [-0.39, 0.29) is 0 Å². The number of benzene rings is 1. The Morgan fingerprint density at radius 1 is 1.35 bits per heavy atom. The number of nitrogens with zero attached hydrogens (tertiary/aromatic N) is 1. The maximum absolute atomic E-state index is 9.80. The van der Waals surface area contributed by atoms with Gasteiger partial charge in [-0.05, 0) is 11.5 Å². The Balaban J connectivity index is 2.05. The fourth-order valence-electron chi connectivity index (χ4n) is 2.42. The Morgan fingerprint density at radius 2 is 2.12 bits per heavy atom. The van der Waals surface area contributed by atoms with Crippen LogP contribution < -0.4 is 5.32 Å². The predicted molar refractivity (Wildman–Crippen MR) is 70.0 cm³/mol. The molecule has 94 valence electrons. The molecule has 17 heavy (non-hydrogen) atoms. The van der Waals surface area contributed by atoms with E-state index in [2.05, 4.69) is 24.1 Å². The molecular weight excluding hydrogens is 212 g/mol. The van der Waals surface area contributed by atoms with Crippen LogP contribution >= 0.6 is 0 Å². The first kappa shape index (κ1) is 12.4. The summed E-state index contributed by atoms with van der Waals surface area (Å²) < 4.78 is 0. The van der Waals surface area contributed by atoms with Crippen molar-refractivity contribution in [2.45, 2.75) is 20.4 Å². The van der Waals surface area contributed by atoms with E-state index >= 15 is 0 Å². The molecule has 1 saturated heterocycles. The molecule has 1 aromatic carbocycles. The van der Waals surface area contributed by atoms with Crippen molar-refractivity contribution >= 4 is 0 Å². The zero-order valence-corrected chi connectivity index (χ0v) is 10.7. The first-order valence-electron chi connectivity index (χ1n) is 6.27. The molecule has 0 amide bonds. The summed E-state index contributed by atoms with van der Waals surface area (Å²) in [6, 6.07) is 7.61. The summed E-state index contributed by atoms with van der Waals surface area (Å²) in [5, 5.41) is 13.3. The average Bonchev–Trinajstić information content (AvgIpc) is 2.43. The fraction of sp³-hybridized carbons (Fsp3) is 0.571. The largest absolute Gasteiger partial charge is 0.508 e. The van der Waals surface area contributed by atoms with Gasteiger partial charge in [0.05, 0.1) is 0 Å². The van der Waals surface area contributed by atoms with Crippen LogP contribution in [0.3, 0.4) is 0 Å². The van der Waals surface area contributed by atoms with Gasteiger partial charge in [0, 0.05) is 38.3 Å². The number of hydrogen-bond acceptors (Lipinski definition) is 3. The SMILES string of the molecule is CC1(C)CNCCN(Cc2ccccc2O)C1. The van der Waals surface area contributed by atoms with Gasteiger partial charge in [-0.3, -0.25) is 4.90 Å². The van der Waals surface area contributed by atoms with Crippen LogP contribution in [0, 0.1) is 5.41 Å². The standard InChI is InChI=1S/C14H22N2O/c1-14(2)10-15-7-8-16(11-14)9-12-5-3-4-6-13(12)17/h3-6,15,17H,7-11H2,1-2H3. The van der Waals surface area contributed by atoms with Crippen molar-refractivity contribution in [3.05, 3.63) is 29.8 Å². The first-order chi connectivity index (χ1) is 8.07. The lowest BCUT2D eigenvalue weighted by Crippen LogP contribution is -2.34. The lowest BCUT2D eigenvalue weighted by Gasteiger charge is -2.29. The third kappa shape index (κ3) is 3.45. The Hall–Kier alpha value is -1.06. The number of para-hydroxylation sites is 1. The second-order valence-electron chi connectivity index (χ2n) is 5.68. The van der Waals surface area contributed by atoms with Gasteiger partial charge in [0.1, 0.15) is 5.75 Å². The van der Waals surface area contributed by atoms with Crippen LogP contribution in [0.5, 0.6) is 5.75 Å². The number of phenolic OH excluding ortho intramolecular Hbond substituents is 1. The van der Waals surface area contributed by atoms with Crippen molar-refractivity contribution in [3.8, 4) is 5.75 Å². The second-order valence-corrected chi connectivity index (χ2v) is 5.68. The first-order valence-corrected chi connectivity index (χ1v) is 6.27. The highest BCUT2D eigenvalue weighted by Crippen LogP contribution is 2.22. The van der Waals surface area contributed by atoms with Crippen LogP contribution in [-0.4, -0.2) is 36.2 Å². The van der Waals surface area contributed by atoms with Gasteiger partial charge in [0.15, 0.2) is 0 Å². The lowest BCUT2D eigenvalue weighted by atomic mass is 9.93. The third-order valence-corrected chi connectivity index (χ3v) is 3.25. The van der Waals surface area contributed by atoms with Crippen molar-refractivity contribution in [1.29, 1.82) is 0 Å². The van der Waals surface area contributed by atoms with Gasteiger partial charge in [-0.2, -0.15) is 0 Å². The summed E-state index contributed by atoms with van der Waals surface area (Å²) in [5.41, 5.74) is 1.31.